The van der Waals surface area contributed by atoms with Crippen LogP contribution in [0.3, 0.4) is 0 Å². The zero-order valence-electron chi connectivity index (χ0n) is 11.9. The van der Waals surface area contributed by atoms with Crippen LogP contribution in [-0.4, -0.2) is 23.2 Å². The summed E-state index contributed by atoms with van der Waals surface area (Å²) in [5.74, 6) is 0.512. The first kappa shape index (κ1) is 15.6. The van der Waals surface area contributed by atoms with Gasteiger partial charge in [0.05, 0.1) is 12.3 Å². The third kappa shape index (κ3) is 4.35. The lowest BCUT2D eigenvalue weighted by atomic mass is 10.1. The number of aryl methyl sites for hydroxylation is 1. The minimum Gasteiger partial charge on any atom is -0.326 e. The Labute approximate surface area is 124 Å². The fraction of sp³-hybridized carbons (Fsp3) is 0.385. The van der Waals surface area contributed by atoms with Crippen molar-refractivity contribution in [1.82, 2.24) is 19.5 Å². The van der Waals surface area contributed by atoms with Crippen molar-refractivity contribution in [2.75, 3.05) is 0 Å². The predicted molar refractivity (Wildman–Crippen MR) is 79.5 cm³/mol. The molecule has 1 heterocycles. The maximum atomic E-state index is 12.1. The third-order valence-corrected chi connectivity index (χ3v) is 4.37. The first-order valence-electron chi connectivity index (χ1n) is 6.66. The number of nitrogens with one attached hydrogen (secondary N) is 1. The number of hydrogen-bond acceptors (Lipinski definition) is 5. The molecule has 21 heavy (non-hydrogen) atoms. The molecule has 8 heteroatoms. The summed E-state index contributed by atoms with van der Waals surface area (Å²) in [6, 6.07) is 7.24. The molecule has 114 valence electrons. The van der Waals surface area contributed by atoms with Gasteiger partial charge in [0.25, 0.3) is 0 Å². The molecule has 0 aliphatic carbocycles. The molecule has 0 aliphatic heterocycles. The van der Waals surface area contributed by atoms with Gasteiger partial charge >= 0.3 is 0 Å². The molecule has 0 aliphatic rings. The van der Waals surface area contributed by atoms with Crippen LogP contribution in [0.5, 0.6) is 0 Å². The van der Waals surface area contributed by atoms with Crippen LogP contribution in [-0.2, 0) is 35.4 Å². The van der Waals surface area contributed by atoms with E-state index in [9.17, 15) is 8.42 Å². The summed E-state index contributed by atoms with van der Waals surface area (Å²) in [6.07, 6.45) is 1.58. The molecule has 1 aromatic heterocycles. The van der Waals surface area contributed by atoms with Crippen molar-refractivity contribution in [2.45, 2.75) is 32.3 Å². The molecule has 1 aromatic carbocycles. The SMILES string of the molecule is CCn1cnnc1CNS(=O)(=O)Cc1cccc(CN)c1. The summed E-state index contributed by atoms with van der Waals surface area (Å²) >= 11 is 0. The molecule has 0 atom stereocenters. The maximum absolute atomic E-state index is 12.1. The van der Waals surface area contributed by atoms with Gasteiger partial charge in [-0.2, -0.15) is 0 Å². The number of sulfonamides is 1. The van der Waals surface area contributed by atoms with Crippen molar-refractivity contribution in [3.05, 3.63) is 47.5 Å². The van der Waals surface area contributed by atoms with Crippen LogP contribution < -0.4 is 10.5 Å². The molecule has 0 spiro atoms. The molecule has 0 saturated heterocycles. The first-order chi connectivity index (χ1) is 10.0. The van der Waals surface area contributed by atoms with Crippen molar-refractivity contribution < 1.29 is 8.42 Å². The molecule has 2 aromatic rings. The van der Waals surface area contributed by atoms with Gasteiger partial charge in [0.15, 0.2) is 0 Å². The van der Waals surface area contributed by atoms with Gasteiger partial charge in [-0.15, -0.1) is 10.2 Å². The van der Waals surface area contributed by atoms with E-state index in [4.69, 9.17) is 5.73 Å². The van der Waals surface area contributed by atoms with Crippen molar-refractivity contribution in [2.24, 2.45) is 5.73 Å². The number of nitrogens with two attached hydrogens (primary N) is 1. The number of benzene rings is 1. The standard InChI is InChI=1S/C13H19N5O2S/c1-2-18-10-15-17-13(18)8-16-21(19,20)9-12-5-3-4-11(6-12)7-14/h3-6,10,16H,2,7-9,14H2,1H3. The van der Waals surface area contributed by atoms with E-state index < -0.39 is 10.0 Å². The van der Waals surface area contributed by atoms with Crippen LogP contribution in [0, 0.1) is 0 Å². The molecule has 0 saturated carbocycles. The fourth-order valence-corrected chi connectivity index (χ4v) is 3.04. The average Bonchev–Trinajstić information content (AvgIpc) is 2.92. The van der Waals surface area contributed by atoms with Gasteiger partial charge in [-0.05, 0) is 18.1 Å². The number of rotatable bonds is 7. The summed E-state index contributed by atoms with van der Waals surface area (Å²) in [7, 11) is -3.43. The molecule has 3 N–H and O–H groups in total. The molecular formula is C13H19N5O2S. The molecule has 0 bridgehead atoms. The Hall–Kier alpha value is -1.77. The summed E-state index contributed by atoms with van der Waals surface area (Å²) in [6.45, 7) is 3.16. The van der Waals surface area contributed by atoms with Gasteiger partial charge in [0.2, 0.25) is 10.0 Å². The molecule has 2 rings (SSSR count). The topological polar surface area (TPSA) is 103 Å². The van der Waals surface area contributed by atoms with E-state index in [-0.39, 0.29) is 12.3 Å². The van der Waals surface area contributed by atoms with Crippen LogP contribution in [0.2, 0.25) is 0 Å². The average molecular weight is 309 g/mol. The van der Waals surface area contributed by atoms with Crippen LogP contribution in [0.4, 0.5) is 0 Å². The summed E-state index contributed by atoms with van der Waals surface area (Å²) in [5, 5.41) is 7.66. The molecule has 0 unspecified atom stereocenters. The Kier molecular flexibility index (Phi) is 5.05. The van der Waals surface area contributed by atoms with Gasteiger partial charge in [-0.25, -0.2) is 13.1 Å². The largest absolute Gasteiger partial charge is 0.326 e. The minimum absolute atomic E-state index is 0.0822. The predicted octanol–water partition coefficient (Wildman–Crippen LogP) is 0.376. The van der Waals surface area contributed by atoms with Gasteiger partial charge in [0, 0.05) is 13.1 Å². The highest BCUT2D eigenvalue weighted by atomic mass is 32.2. The Bertz CT molecular complexity index is 696. The maximum Gasteiger partial charge on any atom is 0.216 e. The smallest absolute Gasteiger partial charge is 0.216 e. The summed E-state index contributed by atoms with van der Waals surface area (Å²) in [5.41, 5.74) is 7.18. The van der Waals surface area contributed by atoms with E-state index in [1.54, 1.807) is 29.1 Å². The van der Waals surface area contributed by atoms with Crippen molar-refractivity contribution in [3.8, 4) is 0 Å². The Morgan fingerprint density at radius 3 is 2.81 bits per heavy atom. The van der Waals surface area contributed by atoms with Crippen LogP contribution in [0.25, 0.3) is 0 Å². The van der Waals surface area contributed by atoms with Crippen molar-refractivity contribution in [3.63, 3.8) is 0 Å². The van der Waals surface area contributed by atoms with Crippen LogP contribution >= 0.6 is 0 Å². The number of hydrogen-bond donors (Lipinski definition) is 2. The monoisotopic (exact) mass is 309 g/mol. The molecule has 7 nitrogen and oxygen atoms in total. The zero-order valence-corrected chi connectivity index (χ0v) is 12.7. The van der Waals surface area contributed by atoms with Crippen molar-refractivity contribution in [1.29, 1.82) is 0 Å². The van der Waals surface area contributed by atoms with Crippen molar-refractivity contribution >= 4 is 10.0 Å². The quantitative estimate of drug-likeness (QED) is 0.769. The second-order valence-corrected chi connectivity index (χ2v) is 6.44. The Morgan fingerprint density at radius 2 is 2.10 bits per heavy atom. The summed E-state index contributed by atoms with van der Waals surface area (Å²) in [4.78, 5) is 0. The Morgan fingerprint density at radius 1 is 1.33 bits per heavy atom. The van der Waals surface area contributed by atoms with Gasteiger partial charge in [0.1, 0.15) is 12.2 Å². The van der Waals surface area contributed by atoms with E-state index in [1.807, 2.05) is 13.0 Å². The first-order valence-corrected chi connectivity index (χ1v) is 8.31. The zero-order chi connectivity index (χ0) is 15.3. The van der Waals surface area contributed by atoms with E-state index in [0.29, 0.717) is 24.5 Å². The highest BCUT2D eigenvalue weighted by Gasteiger charge is 2.13. The molecule has 0 amide bonds. The molecule has 0 radical (unpaired) electrons. The Balaban J connectivity index is 2.01. The molecule has 0 fully saturated rings. The normalized spacial score (nSPS) is 11.7. The van der Waals surface area contributed by atoms with Crippen LogP contribution in [0.1, 0.15) is 23.9 Å². The third-order valence-electron chi connectivity index (χ3n) is 3.07. The minimum atomic E-state index is -3.43. The number of aromatic nitrogens is 3. The van der Waals surface area contributed by atoms with Gasteiger partial charge in [-0.1, -0.05) is 24.3 Å². The number of nitrogens with zero attached hydrogens (tertiary/aromatic N) is 3. The van der Waals surface area contributed by atoms with E-state index in [0.717, 1.165) is 5.56 Å². The highest BCUT2D eigenvalue weighted by molar-refractivity contribution is 7.88. The highest BCUT2D eigenvalue weighted by Crippen LogP contribution is 2.08. The fourth-order valence-electron chi connectivity index (χ4n) is 1.97. The lowest BCUT2D eigenvalue weighted by Gasteiger charge is -2.08. The lowest BCUT2D eigenvalue weighted by molar-refractivity contribution is 0.574. The summed E-state index contributed by atoms with van der Waals surface area (Å²) < 4.78 is 28.5. The van der Waals surface area contributed by atoms with Gasteiger partial charge in [-0.3, -0.25) is 0 Å². The second kappa shape index (κ2) is 6.79. The van der Waals surface area contributed by atoms with E-state index in [1.165, 1.54) is 0 Å². The van der Waals surface area contributed by atoms with E-state index >= 15 is 0 Å². The van der Waals surface area contributed by atoms with E-state index in [2.05, 4.69) is 14.9 Å². The van der Waals surface area contributed by atoms with Gasteiger partial charge < -0.3 is 10.3 Å². The second-order valence-electron chi connectivity index (χ2n) is 4.64. The molecular weight excluding hydrogens is 290 g/mol. The van der Waals surface area contributed by atoms with Crippen LogP contribution in [0.15, 0.2) is 30.6 Å². The lowest BCUT2D eigenvalue weighted by Crippen LogP contribution is -2.26.